The summed E-state index contributed by atoms with van der Waals surface area (Å²) in [5.41, 5.74) is 8.04. The van der Waals surface area contributed by atoms with Crippen molar-refractivity contribution < 1.29 is 0 Å². The van der Waals surface area contributed by atoms with E-state index in [2.05, 4.69) is 20.9 Å². The Balaban J connectivity index is 1.74. The van der Waals surface area contributed by atoms with Crippen molar-refractivity contribution in [2.45, 2.75) is 6.54 Å². The van der Waals surface area contributed by atoms with Gasteiger partial charge in [0, 0.05) is 60.6 Å². The van der Waals surface area contributed by atoms with Gasteiger partial charge < -0.3 is 15.5 Å². The first-order valence-corrected chi connectivity index (χ1v) is 7.92. The van der Waals surface area contributed by atoms with E-state index in [1.165, 1.54) is 5.69 Å². The third-order valence-electron chi connectivity index (χ3n) is 3.61. The normalized spacial score (nSPS) is 15.7. The molecule has 2 heterocycles. The maximum Gasteiger partial charge on any atom is 0.185 e. The number of aromatic nitrogens is 1. The van der Waals surface area contributed by atoms with Crippen molar-refractivity contribution >= 4 is 33.8 Å². The van der Waals surface area contributed by atoms with E-state index >= 15 is 0 Å². The molecule has 1 saturated heterocycles. The molecule has 4 nitrogen and oxygen atoms in total. The molecule has 0 atom stereocenters. The third-order valence-corrected chi connectivity index (χ3v) is 4.79. The molecule has 0 aliphatic carbocycles. The summed E-state index contributed by atoms with van der Waals surface area (Å²) in [6.45, 7) is 4.36. The highest BCUT2D eigenvalue weighted by atomic mass is 35.5. The van der Waals surface area contributed by atoms with Gasteiger partial charge in [-0.05, 0) is 12.1 Å². The summed E-state index contributed by atoms with van der Waals surface area (Å²) in [6, 6.07) is 6.00. The van der Waals surface area contributed by atoms with Crippen molar-refractivity contribution in [3.8, 4) is 0 Å². The molecule has 1 fully saturated rings. The van der Waals surface area contributed by atoms with Gasteiger partial charge in [0.1, 0.15) is 0 Å². The first kappa shape index (κ1) is 13.7. The van der Waals surface area contributed by atoms with E-state index in [1.54, 1.807) is 11.3 Å². The van der Waals surface area contributed by atoms with Crippen LogP contribution in [0.5, 0.6) is 0 Å². The first-order valence-electron chi connectivity index (χ1n) is 6.66. The lowest BCUT2D eigenvalue weighted by Crippen LogP contribution is -2.46. The minimum Gasteiger partial charge on any atom is -0.368 e. The standard InChI is InChI=1S/C14H17ClN4S/c15-12-2-1-3-13(11(12)10-16)18-5-7-19(8-6-18)14-17-4-9-20-14/h1-4,9H,5-8,10,16H2. The number of nitrogens with two attached hydrogens (primary N) is 1. The fourth-order valence-electron chi connectivity index (χ4n) is 2.56. The maximum absolute atomic E-state index is 6.23. The van der Waals surface area contributed by atoms with Gasteiger partial charge >= 0.3 is 0 Å². The number of anilines is 2. The molecule has 1 aromatic heterocycles. The van der Waals surface area contributed by atoms with Crippen LogP contribution in [0.15, 0.2) is 29.8 Å². The van der Waals surface area contributed by atoms with Crippen LogP contribution in [0.2, 0.25) is 5.02 Å². The Morgan fingerprint density at radius 1 is 1.20 bits per heavy atom. The molecular weight excluding hydrogens is 292 g/mol. The molecule has 1 aromatic carbocycles. The van der Waals surface area contributed by atoms with Crippen molar-refractivity contribution in [1.29, 1.82) is 0 Å². The molecule has 0 amide bonds. The van der Waals surface area contributed by atoms with Crippen LogP contribution in [0, 0.1) is 0 Å². The largest absolute Gasteiger partial charge is 0.368 e. The summed E-state index contributed by atoms with van der Waals surface area (Å²) in [6.07, 6.45) is 1.86. The molecule has 0 unspecified atom stereocenters. The van der Waals surface area contributed by atoms with Crippen molar-refractivity contribution in [1.82, 2.24) is 4.98 Å². The summed E-state index contributed by atoms with van der Waals surface area (Å²) in [7, 11) is 0. The highest BCUT2D eigenvalue weighted by molar-refractivity contribution is 7.13. The van der Waals surface area contributed by atoms with Gasteiger partial charge in [-0.15, -0.1) is 11.3 Å². The Kier molecular flexibility index (Phi) is 4.10. The Bertz CT molecular complexity index is 565. The minimum absolute atomic E-state index is 0.474. The lowest BCUT2D eigenvalue weighted by atomic mass is 10.1. The SMILES string of the molecule is NCc1c(Cl)cccc1N1CCN(c2nccs2)CC1. The average Bonchev–Trinajstić information content (AvgIpc) is 3.01. The molecule has 3 rings (SSSR count). The van der Waals surface area contributed by atoms with Crippen LogP contribution in [-0.4, -0.2) is 31.2 Å². The van der Waals surface area contributed by atoms with Crippen LogP contribution in [0.25, 0.3) is 0 Å². The van der Waals surface area contributed by atoms with Crippen molar-refractivity contribution in [2.24, 2.45) is 5.73 Å². The second kappa shape index (κ2) is 5.99. The van der Waals surface area contributed by atoms with E-state index in [9.17, 15) is 0 Å². The van der Waals surface area contributed by atoms with Crippen LogP contribution in [-0.2, 0) is 6.54 Å². The van der Waals surface area contributed by atoms with Gasteiger partial charge in [-0.25, -0.2) is 4.98 Å². The van der Waals surface area contributed by atoms with Gasteiger partial charge in [0.15, 0.2) is 5.13 Å². The number of piperazine rings is 1. The zero-order chi connectivity index (χ0) is 13.9. The smallest absolute Gasteiger partial charge is 0.185 e. The van der Waals surface area contributed by atoms with Crippen molar-refractivity contribution in [3.05, 3.63) is 40.4 Å². The van der Waals surface area contributed by atoms with E-state index in [-0.39, 0.29) is 0 Å². The number of rotatable bonds is 3. The van der Waals surface area contributed by atoms with Crippen LogP contribution >= 0.6 is 22.9 Å². The number of thiazole rings is 1. The molecule has 6 heteroatoms. The monoisotopic (exact) mass is 308 g/mol. The molecule has 0 saturated carbocycles. The summed E-state index contributed by atoms with van der Waals surface area (Å²) in [5.74, 6) is 0. The highest BCUT2D eigenvalue weighted by Crippen LogP contribution is 2.29. The number of hydrogen-bond donors (Lipinski definition) is 1. The Morgan fingerprint density at radius 2 is 1.95 bits per heavy atom. The predicted octanol–water partition coefficient (Wildman–Crippen LogP) is 2.58. The third kappa shape index (κ3) is 2.61. The highest BCUT2D eigenvalue weighted by Gasteiger charge is 2.20. The number of hydrogen-bond acceptors (Lipinski definition) is 5. The quantitative estimate of drug-likeness (QED) is 0.946. The van der Waals surface area contributed by atoms with Crippen LogP contribution < -0.4 is 15.5 Å². The zero-order valence-corrected chi connectivity index (χ0v) is 12.7. The molecule has 1 aliphatic rings. The average molecular weight is 309 g/mol. The number of halogens is 1. The second-order valence-corrected chi connectivity index (χ2v) is 6.01. The summed E-state index contributed by atoms with van der Waals surface area (Å²) in [5, 5.41) is 3.88. The lowest BCUT2D eigenvalue weighted by molar-refractivity contribution is 0.650. The summed E-state index contributed by atoms with van der Waals surface area (Å²) in [4.78, 5) is 9.06. The van der Waals surface area contributed by atoms with E-state index < -0.39 is 0 Å². The lowest BCUT2D eigenvalue weighted by Gasteiger charge is -2.37. The molecule has 1 aliphatic heterocycles. The maximum atomic E-state index is 6.23. The molecule has 20 heavy (non-hydrogen) atoms. The van der Waals surface area contributed by atoms with Gasteiger partial charge in [0.2, 0.25) is 0 Å². The van der Waals surface area contributed by atoms with E-state index in [0.717, 1.165) is 41.9 Å². The fourth-order valence-corrected chi connectivity index (χ4v) is 3.50. The molecule has 2 N–H and O–H groups in total. The topological polar surface area (TPSA) is 45.4 Å². The fraction of sp³-hybridized carbons (Fsp3) is 0.357. The Labute approximate surface area is 127 Å². The Hall–Kier alpha value is -1.30. The van der Waals surface area contributed by atoms with Crippen LogP contribution in [0.3, 0.4) is 0 Å². The van der Waals surface area contributed by atoms with E-state index in [0.29, 0.717) is 6.54 Å². The molecule has 0 radical (unpaired) electrons. The summed E-state index contributed by atoms with van der Waals surface area (Å²) < 4.78 is 0. The molecule has 0 bridgehead atoms. The van der Waals surface area contributed by atoms with E-state index in [1.807, 2.05) is 23.7 Å². The van der Waals surface area contributed by atoms with Crippen molar-refractivity contribution in [3.63, 3.8) is 0 Å². The van der Waals surface area contributed by atoms with Gasteiger partial charge in [0.05, 0.1) is 0 Å². The Morgan fingerprint density at radius 3 is 2.60 bits per heavy atom. The molecule has 2 aromatic rings. The molecule has 106 valence electrons. The van der Waals surface area contributed by atoms with Gasteiger partial charge in [-0.3, -0.25) is 0 Å². The molecule has 0 spiro atoms. The minimum atomic E-state index is 0.474. The number of benzene rings is 1. The summed E-state index contributed by atoms with van der Waals surface area (Å²) >= 11 is 7.93. The molecular formula is C14H17ClN4S. The van der Waals surface area contributed by atoms with Gasteiger partial charge in [0.25, 0.3) is 0 Å². The predicted molar refractivity (Wildman–Crippen MR) is 85.9 cm³/mol. The van der Waals surface area contributed by atoms with Crippen molar-refractivity contribution in [2.75, 3.05) is 36.0 Å². The van der Waals surface area contributed by atoms with E-state index in [4.69, 9.17) is 17.3 Å². The first-order chi connectivity index (χ1) is 9.79. The van der Waals surface area contributed by atoms with Crippen LogP contribution in [0.4, 0.5) is 10.8 Å². The van der Waals surface area contributed by atoms with Gasteiger partial charge in [-0.1, -0.05) is 17.7 Å². The van der Waals surface area contributed by atoms with Crippen LogP contribution in [0.1, 0.15) is 5.56 Å². The number of nitrogens with zero attached hydrogens (tertiary/aromatic N) is 3. The zero-order valence-electron chi connectivity index (χ0n) is 11.1. The van der Waals surface area contributed by atoms with Gasteiger partial charge in [-0.2, -0.15) is 0 Å². The second-order valence-electron chi connectivity index (χ2n) is 4.73.